The fourth-order valence-corrected chi connectivity index (χ4v) is 4.48. The van der Waals surface area contributed by atoms with E-state index in [1.807, 2.05) is 0 Å². The molecule has 1 N–H and O–H groups in total. The molecular weight excluding hydrogens is 356 g/mol. The van der Waals surface area contributed by atoms with Gasteiger partial charge in [0.2, 0.25) is 5.95 Å². The number of benzene rings is 3. The van der Waals surface area contributed by atoms with Gasteiger partial charge in [0, 0.05) is 19.6 Å². The molecular formula is C25H28N4. The zero-order valence-electron chi connectivity index (χ0n) is 16.8. The van der Waals surface area contributed by atoms with Crippen LogP contribution in [0, 0.1) is 0 Å². The van der Waals surface area contributed by atoms with Crippen molar-refractivity contribution in [2.75, 3.05) is 25.0 Å². The maximum Gasteiger partial charge on any atom is 0.204 e. The smallest absolute Gasteiger partial charge is 0.204 e. The van der Waals surface area contributed by atoms with Gasteiger partial charge in [0.05, 0.1) is 11.0 Å². The Bertz CT molecular complexity index is 1100. The second-order valence-electron chi connectivity index (χ2n) is 7.97. The Labute approximate surface area is 172 Å². The van der Waals surface area contributed by atoms with Crippen molar-refractivity contribution in [3.05, 3.63) is 72.3 Å². The molecule has 4 nitrogen and oxygen atoms in total. The van der Waals surface area contributed by atoms with E-state index in [0.29, 0.717) is 0 Å². The van der Waals surface area contributed by atoms with Gasteiger partial charge in [-0.05, 0) is 54.4 Å². The van der Waals surface area contributed by atoms with Crippen molar-refractivity contribution in [2.24, 2.45) is 0 Å². The van der Waals surface area contributed by atoms with Crippen LogP contribution in [0.2, 0.25) is 0 Å². The van der Waals surface area contributed by atoms with Crippen LogP contribution in [0.5, 0.6) is 0 Å². The Morgan fingerprint density at radius 3 is 2.52 bits per heavy atom. The summed E-state index contributed by atoms with van der Waals surface area (Å²) < 4.78 is 2.36. The fraction of sp³-hybridized carbons (Fsp3) is 0.320. The molecule has 0 bridgehead atoms. The largest absolute Gasteiger partial charge is 0.352 e. The molecule has 5 rings (SSSR count). The number of hydrogen-bond acceptors (Lipinski definition) is 3. The van der Waals surface area contributed by atoms with E-state index < -0.39 is 0 Å². The van der Waals surface area contributed by atoms with E-state index in [4.69, 9.17) is 4.98 Å². The Kier molecular flexibility index (Phi) is 5.18. The number of fused-ring (bicyclic) bond motifs is 2. The van der Waals surface area contributed by atoms with E-state index >= 15 is 0 Å². The second kappa shape index (κ2) is 8.26. The second-order valence-corrected chi connectivity index (χ2v) is 7.97. The van der Waals surface area contributed by atoms with Crippen molar-refractivity contribution in [1.29, 1.82) is 0 Å². The number of nitrogens with one attached hydrogen (secondary N) is 1. The molecule has 1 fully saturated rings. The van der Waals surface area contributed by atoms with Gasteiger partial charge in [0.25, 0.3) is 0 Å². The zero-order chi connectivity index (χ0) is 19.5. The number of nitrogens with zero attached hydrogens (tertiary/aromatic N) is 3. The quantitative estimate of drug-likeness (QED) is 0.490. The number of imidazole rings is 1. The highest BCUT2D eigenvalue weighted by Crippen LogP contribution is 2.23. The van der Waals surface area contributed by atoms with E-state index in [1.165, 1.54) is 54.2 Å². The molecule has 0 aliphatic carbocycles. The van der Waals surface area contributed by atoms with Gasteiger partial charge in [-0.15, -0.1) is 0 Å². The molecule has 1 aromatic heterocycles. The predicted octanol–water partition coefficient (Wildman–Crippen LogP) is 5.29. The van der Waals surface area contributed by atoms with Crippen molar-refractivity contribution in [3.63, 3.8) is 0 Å². The van der Waals surface area contributed by atoms with Crippen LogP contribution in [-0.4, -0.2) is 34.1 Å². The Morgan fingerprint density at radius 2 is 1.59 bits per heavy atom. The number of anilines is 1. The van der Waals surface area contributed by atoms with E-state index in [0.717, 1.165) is 31.1 Å². The molecule has 0 unspecified atom stereocenters. The average Bonchev–Trinajstić information content (AvgIpc) is 3.14. The maximum absolute atomic E-state index is 4.90. The van der Waals surface area contributed by atoms with Crippen LogP contribution in [0.1, 0.15) is 24.8 Å². The minimum atomic E-state index is 0.772. The lowest BCUT2D eigenvalue weighted by atomic mass is 10.0. The summed E-state index contributed by atoms with van der Waals surface area (Å²) >= 11 is 0. The highest BCUT2D eigenvalue weighted by atomic mass is 15.2. The van der Waals surface area contributed by atoms with Crippen molar-refractivity contribution >= 4 is 27.8 Å². The van der Waals surface area contributed by atoms with Crippen molar-refractivity contribution in [3.8, 4) is 0 Å². The third-order valence-corrected chi connectivity index (χ3v) is 6.06. The monoisotopic (exact) mass is 384 g/mol. The minimum absolute atomic E-state index is 0.772. The van der Waals surface area contributed by atoms with E-state index in [-0.39, 0.29) is 0 Å². The van der Waals surface area contributed by atoms with Gasteiger partial charge in [-0.25, -0.2) is 4.98 Å². The summed E-state index contributed by atoms with van der Waals surface area (Å²) in [5, 5.41) is 6.22. The van der Waals surface area contributed by atoms with Crippen LogP contribution >= 0.6 is 0 Å². The summed E-state index contributed by atoms with van der Waals surface area (Å²) in [6, 6.07) is 23.6. The van der Waals surface area contributed by atoms with Gasteiger partial charge in [-0.2, -0.15) is 0 Å². The number of para-hydroxylation sites is 2. The zero-order valence-corrected chi connectivity index (χ0v) is 16.8. The summed E-state index contributed by atoms with van der Waals surface area (Å²) in [5.41, 5.74) is 3.58. The molecule has 4 heteroatoms. The van der Waals surface area contributed by atoms with Crippen molar-refractivity contribution in [1.82, 2.24) is 14.5 Å². The molecule has 148 valence electrons. The molecule has 4 aromatic rings. The number of rotatable bonds is 6. The SMILES string of the molecule is c1ccc2c(CNc3nc4ccccc4n3CCN3CCCCC3)cccc2c1. The summed E-state index contributed by atoms with van der Waals surface area (Å²) in [6.45, 7) is 5.28. The molecule has 0 spiro atoms. The van der Waals surface area contributed by atoms with Gasteiger partial charge in [0.15, 0.2) is 0 Å². The number of piperidine rings is 1. The maximum atomic E-state index is 4.90. The first kappa shape index (κ1) is 18.2. The van der Waals surface area contributed by atoms with E-state index in [9.17, 15) is 0 Å². The lowest BCUT2D eigenvalue weighted by molar-refractivity contribution is 0.222. The molecule has 0 amide bonds. The summed E-state index contributed by atoms with van der Waals surface area (Å²) in [4.78, 5) is 7.49. The molecule has 2 heterocycles. The minimum Gasteiger partial charge on any atom is -0.352 e. The van der Waals surface area contributed by atoms with Gasteiger partial charge < -0.3 is 14.8 Å². The molecule has 0 radical (unpaired) electrons. The summed E-state index contributed by atoms with van der Waals surface area (Å²) in [5.74, 6) is 0.969. The van der Waals surface area contributed by atoms with Crippen LogP contribution in [0.15, 0.2) is 66.7 Å². The first-order valence-corrected chi connectivity index (χ1v) is 10.8. The van der Waals surface area contributed by atoms with Gasteiger partial charge in [-0.3, -0.25) is 0 Å². The number of aromatic nitrogens is 2. The first-order chi connectivity index (χ1) is 14.4. The topological polar surface area (TPSA) is 33.1 Å². The van der Waals surface area contributed by atoms with Crippen LogP contribution in [0.3, 0.4) is 0 Å². The number of hydrogen-bond donors (Lipinski definition) is 1. The van der Waals surface area contributed by atoms with Crippen LogP contribution < -0.4 is 5.32 Å². The Hall–Kier alpha value is -2.85. The average molecular weight is 385 g/mol. The van der Waals surface area contributed by atoms with Crippen molar-refractivity contribution < 1.29 is 0 Å². The third kappa shape index (κ3) is 3.85. The molecule has 1 aliphatic heterocycles. The molecule has 3 aromatic carbocycles. The van der Waals surface area contributed by atoms with E-state index in [2.05, 4.69) is 81.5 Å². The lowest BCUT2D eigenvalue weighted by Gasteiger charge is -2.26. The molecule has 0 atom stereocenters. The Balaban J connectivity index is 1.40. The summed E-state index contributed by atoms with van der Waals surface area (Å²) in [6.07, 6.45) is 4.04. The molecule has 0 saturated carbocycles. The van der Waals surface area contributed by atoms with Crippen LogP contribution in [0.4, 0.5) is 5.95 Å². The predicted molar refractivity (Wildman–Crippen MR) is 121 cm³/mol. The standard InChI is InChI=1S/C25H28N4/c1-6-15-28(16-7-1)17-18-29-24-14-5-4-13-23(24)27-25(29)26-19-21-11-8-10-20-9-2-3-12-22(20)21/h2-5,8-14H,1,6-7,15-19H2,(H,26,27). The normalized spacial score (nSPS) is 15.2. The van der Waals surface area contributed by atoms with E-state index in [1.54, 1.807) is 0 Å². The van der Waals surface area contributed by atoms with Gasteiger partial charge in [0.1, 0.15) is 0 Å². The fourth-order valence-electron chi connectivity index (χ4n) is 4.48. The molecule has 29 heavy (non-hydrogen) atoms. The molecule has 1 saturated heterocycles. The Morgan fingerprint density at radius 1 is 0.793 bits per heavy atom. The number of likely N-dealkylation sites (tertiary alicyclic amines) is 1. The highest BCUT2D eigenvalue weighted by molar-refractivity contribution is 5.86. The van der Waals surface area contributed by atoms with Gasteiger partial charge >= 0.3 is 0 Å². The third-order valence-electron chi connectivity index (χ3n) is 6.06. The highest BCUT2D eigenvalue weighted by Gasteiger charge is 2.14. The van der Waals surface area contributed by atoms with Crippen LogP contribution in [0.25, 0.3) is 21.8 Å². The molecule has 1 aliphatic rings. The van der Waals surface area contributed by atoms with Crippen LogP contribution in [-0.2, 0) is 13.1 Å². The summed E-state index contributed by atoms with van der Waals surface area (Å²) in [7, 11) is 0. The lowest BCUT2D eigenvalue weighted by Crippen LogP contribution is -2.32. The van der Waals surface area contributed by atoms with Gasteiger partial charge in [-0.1, -0.05) is 61.0 Å². The first-order valence-electron chi connectivity index (χ1n) is 10.8. The van der Waals surface area contributed by atoms with Crippen molar-refractivity contribution in [2.45, 2.75) is 32.4 Å².